The van der Waals surface area contributed by atoms with E-state index < -0.39 is 0 Å². The van der Waals surface area contributed by atoms with Gasteiger partial charge in [0.2, 0.25) is 0 Å². The zero-order valence-electron chi connectivity index (χ0n) is 6.09. The number of fused-ring (bicyclic) bond motifs is 1. The lowest BCUT2D eigenvalue weighted by atomic mass is 10.2. The maximum atomic E-state index is 4.08. The predicted molar refractivity (Wildman–Crippen MR) is 38.5 cm³/mol. The van der Waals surface area contributed by atoms with Crippen LogP contribution in [-0.4, -0.2) is 12.0 Å². The van der Waals surface area contributed by atoms with E-state index in [-0.39, 0.29) is 0 Å². The number of hydrogen-bond acceptors (Lipinski definition) is 1. The smallest absolute Gasteiger partial charge is 0.105 e. The first kappa shape index (κ1) is 5.86. The van der Waals surface area contributed by atoms with E-state index in [0.29, 0.717) is 0 Å². The Morgan fingerprint density at radius 1 is 1.40 bits per heavy atom. The monoisotopic (exact) mass is 135 g/mol. The summed E-state index contributed by atoms with van der Waals surface area (Å²) in [6.45, 7) is 2.31. The first-order valence-corrected chi connectivity index (χ1v) is 3.59. The van der Waals surface area contributed by atoms with Crippen molar-refractivity contribution < 1.29 is 4.90 Å². The van der Waals surface area contributed by atoms with E-state index in [1.165, 1.54) is 11.1 Å². The summed E-state index contributed by atoms with van der Waals surface area (Å²) in [5, 5.41) is 0. The number of quaternary nitrogens is 1. The predicted octanol–water partition coefficient (Wildman–Crippen LogP) is -0.390. The van der Waals surface area contributed by atoms with Gasteiger partial charge in [-0.2, -0.15) is 0 Å². The van der Waals surface area contributed by atoms with Crippen molar-refractivity contribution in [3.63, 3.8) is 0 Å². The van der Waals surface area contributed by atoms with Gasteiger partial charge in [-0.25, -0.2) is 0 Å². The Bertz CT molecular complexity index is 220. The van der Waals surface area contributed by atoms with Gasteiger partial charge in [-0.1, -0.05) is 0 Å². The van der Waals surface area contributed by atoms with E-state index in [2.05, 4.69) is 18.1 Å². The number of hydrogen-bond donors (Lipinski definition) is 1. The van der Waals surface area contributed by atoms with E-state index in [9.17, 15) is 0 Å². The first-order chi connectivity index (χ1) is 4.86. The molecular formula is C8H11N2+. The van der Waals surface area contributed by atoms with E-state index in [4.69, 9.17) is 0 Å². The molecule has 1 aromatic rings. The van der Waals surface area contributed by atoms with Gasteiger partial charge in [0, 0.05) is 23.5 Å². The highest BCUT2D eigenvalue weighted by molar-refractivity contribution is 5.23. The van der Waals surface area contributed by atoms with Gasteiger partial charge >= 0.3 is 0 Å². The van der Waals surface area contributed by atoms with Gasteiger partial charge in [0.25, 0.3) is 0 Å². The van der Waals surface area contributed by atoms with Crippen molar-refractivity contribution >= 4 is 0 Å². The third-order valence-electron chi connectivity index (χ3n) is 1.99. The Morgan fingerprint density at radius 2 is 2.20 bits per heavy atom. The zero-order chi connectivity index (χ0) is 6.97. The zero-order valence-corrected chi connectivity index (χ0v) is 6.09. The Labute approximate surface area is 60.5 Å². The molecule has 0 radical (unpaired) electrons. The highest BCUT2D eigenvalue weighted by Crippen LogP contribution is 2.07. The summed E-state index contributed by atoms with van der Waals surface area (Å²) in [5.41, 5.74) is 2.88. The maximum absolute atomic E-state index is 4.08. The minimum Gasteiger partial charge on any atom is -0.330 e. The second kappa shape index (κ2) is 2.06. The van der Waals surface area contributed by atoms with E-state index in [0.717, 1.165) is 13.1 Å². The van der Waals surface area contributed by atoms with Crippen molar-refractivity contribution in [1.82, 2.24) is 4.98 Å². The highest BCUT2D eigenvalue weighted by atomic mass is 15.1. The Morgan fingerprint density at radius 3 is 3.00 bits per heavy atom. The highest BCUT2D eigenvalue weighted by Gasteiger charge is 2.17. The number of nitrogens with zero attached hydrogens (tertiary/aromatic N) is 1. The average molecular weight is 135 g/mol. The van der Waals surface area contributed by atoms with Crippen LogP contribution in [0, 0.1) is 0 Å². The lowest BCUT2D eigenvalue weighted by Gasteiger charge is -1.99. The molecule has 0 fully saturated rings. The molecular weight excluding hydrogens is 124 g/mol. The van der Waals surface area contributed by atoms with Crippen LogP contribution in [-0.2, 0) is 13.1 Å². The minimum atomic E-state index is 1.14. The molecule has 0 saturated heterocycles. The van der Waals surface area contributed by atoms with Gasteiger partial charge in [0.15, 0.2) is 0 Å². The molecule has 1 aliphatic rings. The molecule has 0 amide bonds. The Hall–Kier alpha value is -0.890. The molecule has 1 unspecified atom stereocenters. The molecule has 52 valence electrons. The molecule has 1 aliphatic heterocycles. The van der Waals surface area contributed by atoms with Crippen LogP contribution in [0.15, 0.2) is 18.5 Å². The molecule has 1 atom stereocenters. The molecule has 0 aliphatic carbocycles. The van der Waals surface area contributed by atoms with Crippen LogP contribution in [0.4, 0.5) is 0 Å². The van der Waals surface area contributed by atoms with Gasteiger partial charge in [-0.05, 0) is 6.07 Å². The van der Waals surface area contributed by atoms with Gasteiger partial charge in [0.05, 0.1) is 7.05 Å². The molecule has 0 saturated carbocycles. The largest absolute Gasteiger partial charge is 0.330 e. The lowest BCUT2D eigenvalue weighted by molar-refractivity contribution is -0.900. The van der Waals surface area contributed by atoms with Crippen LogP contribution >= 0.6 is 0 Å². The number of rotatable bonds is 0. The van der Waals surface area contributed by atoms with Crippen LogP contribution in [0.1, 0.15) is 11.1 Å². The fourth-order valence-corrected chi connectivity index (χ4v) is 1.50. The normalized spacial score (nSPS) is 22.7. The summed E-state index contributed by atoms with van der Waals surface area (Å²) >= 11 is 0. The van der Waals surface area contributed by atoms with Crippen molar-refractivity contribution in [2.45, 2.75) is 13.1 Å². The molecule has 2 heterocycles. The van der Waals surface area contributed by atoms with Gasteiger partial charge < -0.3 is 4.90 Å². The van der Waals surface area contributed by atoms with Crippen LogP contribution in [0.5, 0.6) is 0 Å². The average Bonchev–Trinajstić information content (AvgIpc) is 2.27. The number of nitrogens with one attached hydrogen (secondary N) is 1. The van der Waals surface area contributed by atoms with E-state index >= 15 is 0 Å². The van der Waals surface area contributed by atoms with Crippen molar-refractivity contribution in [2.24, 2.45) is 0 Å². The molecule has 0 aromatic carbocycles. The summed E-state index contributed by atoms with van der Waals surface area (Å²) in [5.74, 6) is 0. The van der Waals surface area contributed by atoms with Gasteiger partial charge in [-0.15, -0.1) is 0 Å². The van der Waals surface area contributed by atoms with Crippen molar-refractivity contribution in [2.75, 3.05) is 7.05 Å². The third-order valence-corrected chi connectivity index (χ3v) is 1.99. The SMILES string of the molecule is C[NH+]1Cc2ccncc2C1. The third kappa shape index (κ3) is 0.809. The summed E-state index contributed by atoms with van der Waals surface area (Å²) in [6, 6.07) is 2.12. The van der Waals surface area contributed by atoms with Crippen LogP contribution in [0.2, 0.25) is 0 Å². The number of aromatic nitrogens is 1. The minimum absolute atomic E-state index is 1.14. The first-order valence-electron chi connectivity index (χ1n) is 3.59. The van der Waals surface area contributed by atoms with Crippen LogP contribution in [0.25, 0.3) is 0 Å². The van der Waals surface area contributed by atoms with Gasteiger partial charge in [-0.3, -0.25) is 4.98 Å². The number of pyridine rings is 1. The quantitative estimate of drug-likeness (QED) is 0.513. The van der Waals surface area contributed by atoms with Crippen molar-refractivity contribution in [3.05, 3.63) is 29.6 Å². The van der Waals surface area contributed by atoms with Gasteiger partial charge in [0.1, 0.15) is 13.1 Å². The molecule has 1 N–H and O–H groups in total. The summed E-state index contributed by atoms with van der Waals surface area (Å²) in [4.78, 5) is 5.64. The summed E-state index contributed by atoms with van der Waals surface area (Å²) in [7, 11) is 2.21. The van der Waals surface area contributed by atoms with Crippen LogP contribution < -0.4 is 4.90 Å². The molecule has 10 heavy (non-hydrogen) atoms. The maximum Gasteiger partial charge on any atom is 0.105 e. The van der Waals surface area contributed by atoms with E-state index in [1.807, 2.05) is 12.4 Å². The second-order valence-corrected chi connectivity index (χ2v) is 2.96. The molecule has 0 spiro atoms. The molecule has 1 aromatic heterocycles. The second-order valence-electron chi connectivity index (χ2n) is 2.96. The standard InChI is InChI=1S/C8H10N2/c1-10-5-7-2-3-9-4-8(7)6-10/h2-4H,5-6H2,1H3/p+1. The Kier molecular flexibility index (Phi) is 1.21. The molecule has 2 nitrogen and oxygen atoms in total. The Balaban J connectivity index is 2.42. The lowest BCUT2D eigenvalue weighted by Crippen LogP contribution is -3.04. The van der Waals surface area contributed by atoms with Crippen molar-refractivity contribution in [1.29, 1.82) is 0 Å². The fourth-order valence-electron chi connectivity index (χ4n) is 1.50. The van der Waals surface area contributed by atoms with E-state index in [1.54, 1.807) is 4.90 Å². The summed E-state index contributed by atoms with van der Waals surface area (Å²) < 4.78 is 0. The topological polar surface area (TPSA) is 17.3 Å². The van der Waals surface area contributed by atoms with Crippen LogP contribution in [0.3, 0.4) is 0 Å². The van der Waals surface area contributed by atoms with Crippen molar-refractivity contribution in [3.8, 4) is 0 Å². The fraction of sp³-hybridized carbons (Fsp3) is 0.375. The molecule has 2 heteroatoms. The molecule has 2 rings (SSSR count). The molecule has 0 bridgehead atoms. The summed E-state index contributed by atoms with van der Waals surface area (Å²) in [6.07, 6.45) is 3.85.